The number of aliphatic hydroxyl groups is 5. The quantitative estimate of drug-likeness (QED) is 0.306. The van der Waals surface area contributed by atoms with Crippen molar-refractivity contribution >= 4 is 0 Å². The fourth-order valence-electron chi connectivity index (χ4n) is 2.74. The van der Waals surface area contributed by atoms with Crippen molar-refractivity contribution in [2.75, 3.05) is 6.54 Å². The number of hydrogen-bond donors (Lipinski definition) is 5. The molecule has 15 heavy (non-hydrogen) atoms. The normalized spacial score (nSPS) is 47.2. The fraction of sp³-hybridized carbons (Fsp3) is 1.00. The molecule has 2 rings (SSSR count). The minimum Gasteiger partial charge on any atom is -0.391 e. The maximum Gasteiger partial charge on any atom is 0.169 e. The lowest BCUT2D eigenvalue weighted by atomic mass is 9.97. The van der Waals surface area contributed by atoms with Gasteiger partial charge in [0.1, 0.15) is 6.10 Å². The van der Waals surface area contributed by atoms with E-state index in [4.69, 9.17) is 10.2 Å². The van der Waals surface area contributed by atoms with Gasteiger partial charge in [0.25, 0.3) is 0 Å². The third-order valence-electron chi connectivity index (χ3n) is 3.43. The van der Waals surface area contributed by atoms with Gasteiger partial charge in [0.2, 0.25) is 0 Å². The Bertz CT molecular complexity index is 227. The summed E-state index contributed by atoms with van der Waals surface area (Å²) in [5.74, 6) is 0. The molecule has 2 fully saturated rings. The highest BCUT2D eigenvalue weighted by atomic mass is 16.5. The van der Waals surface area contributed by atoms with Crippen molar-refractivity contribution in [3.05, 3.63) is 0 Å². The molecule has 0 saturated carbocycles. The number of aliphatic hydroxyl groups excluding tert-OH is 4. The summed E-state index contributed by atoms with van der Waals surface area (Å²) in [5.41, 5.74) is 0. The smallest absolute Gasteiger partial charge is 0.169 e. The zero-order valence-electron chi connectivity index (χ0n) is 8.27. The highest BCUT2D eigenvalue weighted by molar-refractivity contribution is 5.05. The first-order valence-corrected chi connectivity index (χ1v) is 5.20. The van der Waals surface area contributed by atoms with E-state index in [1.165, 1.54) is 0 Å². The second-order valence-corrected chi connectivity index (χ2v) is 4.32. The molecule has 5 atom stereocenters. The maximum absolute atomic E-state index is 9.71. The molecule has 0 aliphatic carbocycles. The molecule has 0 aromatic carbocycles. The molecule has 2 saturated heterocycles. The van der Waals surface area contributed by atoms with Crippen LogP contribution in [0.5, 0.6) is 0 Å². The molecule has 0 spiro atoms. The molecule has 6 nitrogen and oxygen atoms in total. The lowest BCUT2D eigenvalue weighted by Crippen LogP contribution is -2.53. The Morgan fingerprint density at radius 2 is 1.73 bits per heavy atom. The number of hydrogen-bond acceptors (Lipinski definition) is 6. The van der Waals surface area contributed by atoms with Crippen LogP contribution in [0.4, 0.5) is 0 Å². The molecule has 0 amide bonds. The summed E-state index contributed by atoms with van der Waals surface area (Å²) in [6.45, 7) is 0.554. The summed E-state index contributed by atoms with van der Waals surface area (Å²) in [6, 6.07) is -1.49. The van der Waals surface area contributed by atoms with E-state index >= 15 is 0 Å². The highest BCUT2D eigenvalue weighted by Gasteiger charge is 2.53. The zero-order valence-corrected chi connectivity index (χ0v) is 8.27. The van der Waals surface area contributed by atoms with Crippen LogP contribution in [0.25, 0.3) is 0 Å². The Hall–Kier alpha value is -0.240. The Balaban J connectivity index is 2.22. The molecular formula is C9H17NO5. The molecule has 0 aromatic rings. The number of nitrogens with zero attached hydrogens (tertiary/aromatic N) is 1. The minimum atomic E-state index is -1.70. The van der Waals surface area contributed by atoms with Crippen LogP contribution in [-0.4, -0.2) is 73.7 Å². The van der Waals surface area contributed by atoms with Crippen LogP contribution in [0.3, 0.4) is 0 Å². The van der Waals surface area contributed by atoms with E-state index in [1.807, 2.05) is 0 Å². The SMILES string of the molecule is OC(O)C1C(O)C(O)C2C(O)CCCN12. The van der Waals surface area contributed by atoms with Gasteiger partial charge in [0.15, 0.2) is 6.29 Å². The van der Waals surface area contributed by atoms with E-state index < -0.39 is 36.7 Å². The molecule has 2 heterocycles. The van der Waals surface area contributed by atoms with Gasteiger partial charge in [-0.3, -0.25) is 4.90 Å². The fourth-order valence-corrected chi connectivity index (χ4v) is 2.74. The average molecular weight is 219 g/mol. The maximum atomic E-state index is 9.71. The van der Waals surface area contributed by atoms with Crippen LogP contribution in [0, 0.1) is 0 Å². The predicted molar refractivity (Wildman–Crippen MR) is 49.8 cm³/mol. The van der Waals surface area contributed by atoms with Crippen LogP contribution in [0.1, 0.15) is 12.8 Å². The summed E-state index contributed by atoms with van der Waals surface area (Å²) >= 11 is 0. The van der Waals surface area contributed by atoms with Crippen molar-refractivity contribution < 1.29 is 25.5 Å². The molecule has 6 heteroatoms. The van der Waals surface area contributed by atoms with Gasteiger partial charge >= 0.3 is 0 Å². The van der Waals surface area contributed by atoms with Gasteiger partial charge in [-0.25, -0.2) is 0 Å². The van der Waals surface area contributed by atoms with Gasteiger partial charge in [0, 0.05) is 0 Å². The predicted octanol–water partition coefficient (Wildman–Crippen LogP) is -2.77. The first-order valence-electron chi connectivity index (χ1n) is 5.20. The third-order valence-corrected chi connectivity index (χ3v) is 3.43. The van der Waals surface area contributed by atoms with E-state index in [1.54, 1.807) is 4.90 Å². The van der Waals surface area contributed by atoms with Crippen molar-refractivity contribution in [3.8, 4) is 0 Å². The summed E-state index contributed by atoms with van der Waals surface area (Å²) < 4.78 is 0. The Kier molecular flexibility index (Phi) is 2.98. The molecular weight excluding hydrogens is 202 g/mol. The summed E-state index contributed by atoms with van der Waals surface area (Å²) in [4.78, 5) is 1.59. The van der Waals surface area contributed by atoms with E-state index in [-0.39, 0.29) is 0 Å². The van der Waals surface area contributed by atoms with Gasteiger partial charge in [-0.15, -0.1) is 0 Å². The second kappa shape index (κ2) is 3.97. The third kappa shape index (κ3) is 1.67. The monoisotopic (exact) mass is 219 g/mol. The lowest BCUT2D eigenvalue weighted by molar-refractivity contribution is -0.126. The van der Waals surface area contributed by atoms with Crippen molar-refractivity contribution in [2.24, 2.45) is 0 Å². The highest BCUT2D eigenvalue weighted by Crippen LogP contribution is 2.33. The molecule has 5 N–H and O–H groups in total. The Labute approximate surface area is 87.4 Å². The molecule has 2 aliphatic heterocycles. The first-order chi connectivity index (χ1) is 7.04. The molecule has 5 unspecified atom stereocenters. The van der Waals surface area contributed by atoms with Crippen LogP contribution >= 0.6 is 0 Å². The minimum absolute atomic E-state index is 0.554. The Morgan fingerprint density at radius 3 is 2.33 bits per heavy atom. The lowest BCUT2D eigenvalue weighted by Gasteiger charge is -2.37. The first kappa shape index (κ1) is 11.3. The van der Waals surface area contributed by atoms with Crippen LogP contribution in [0.15, 0.2) is 0 Å². The summed E-state index contributed by atoms with van der Waals surface area (Å²) in [6.07, 6.45) is -3.47. The van der Waals surface area contributed by atoms with Crippen molar-refractivity contribution in [3.63, 3.8) is 0 Å². The van der Waals surface area contributed by atoms with Gasteiger partial charge in [-0.05, 0) is 19.4 Å². The number of rotatable bonds is 1. The van der Waals surface area contributed by atoms with Crippen LogP contribution in [0.2, 0.25) is 0 Å². The van der Waals surface area contributed by atoms with Gasteiger partial charge in [-0.1, -0.05) is 0 Å². The van der Waals surface area contributed by atoms with Gasteiger partial charge < -0.3 is 25.5 Å². The van der Waals surface area contributed by atoms with Crippen LogP contribution in [-0.2, 0) is 0 Å². The van der Waals surface area contributed by atoms with E-state index in [0.29, 0.717) is 13.0 Å². The van der Waals surface area contributed by atoms with E-state index in [2.05, 4.69) is 0 Å². The van der Waals surface area contributed by atoms with Crippen LogP contribution < -0.4 is 0 Å². The Morgan fingerprint density at radius 1 is 1.07 bits per heavy atom. The average Bonchev–Trinajstić information content (AvgIpc) is 2.41. The second-order valence-electron chi connectivity index (χ2n) is 4.32. The standard InChI is InChI=1S/C9H17NO5/c11-4-2-1-3-10-5(4)7(12)8(13)6(10)9(14)15/h4-9,11-15H,1-3H2. The number of fused-ring (bicyclic) bond motifs is 1. The van der Waals surface area contributed by atoms with E-state index in [0.717, 1.165) is 6.42 Å². The van der Waals surface area contributed by atoms with Gasteiger partial charge in [-0.2, -0.15) is 0 Å². The zero-order chi connectivity index (χ0) is 11.2. The van der Waals surface area contributed by atoms with Gasteiger partial charge in [0.05, 0.1) is 24.3 Å². The summed E-state index contributed by atoms with van der Waals surface area (Å²) in [7, 11) is 0. The largest absolute Gasteiger partial charge is 0.391 e. The van der Waals surface area contributed by atoms with E-state index in [9.17, 15) is 15.3 Å². The molecule has 0 radical (unpaired) electrons. The molecule has 88 valence electrons. The van der Waals surface area contributed by atoms with Crippen molar-refractivity contribution in [1.82, 2.24) is 4.90 Å². The summed E-state index contributed by atoms with van der Waals surface area (Å²) in [5, 5.41) is 47.3. The molecule has 0 bridgehead atoms. The number of piperidine rings is 1. The van der Waals surface area contributed by atoms with Crippen molar-refractivity contribution in [2.45, 2.75) is 49.5 Å². The molecule has 2 aliphatic rings. The topological polar surface area (TPSA) is 104 Å². The molecule has 0 aromatic heterocycles. The van der Waals surface area contributed by atoms with Crippen molar-refractivity contribution in [1.29, 1.82) is 0 Å².